The highest BCUT2D eigenvalue weighted by Crippen LogP contribution is 2.23. The lowest BCUT2D eigenvalue weighted by atomic mass is 9.92. The summed E-state index contributed by atoms with van der Waals surface area (Å²) in [6.45, 7) is 8.17. The summed E-state index contributed by atoms with van der Waals surface area (Å²) in [4.78, 5) is 27.4. The highest BCUT2D eigenvalue weighted by atomic mass is 16.2. The van der Waals surface area contributed by atoms with Gasteiger partial charge in [0.2, 0.25) is 0 Å². The average molecular weight is 277 g/mol. The summed E-state index contributed by atoms with van der Waals surface area (Å²) in [6, 6.07) is -0.852. The highest BCUT2D eigenvalue weighted by molar-refractivity contribution is 6.03. The molecule has 3 N–H and O–H groups in total. The fraction of sp³-hybridized carbons (Fsp3) is 0.533. The zero-order valence-electron chi connectivity index (χ0n) is 12.7. The van der Waals surface area contributed by atoms with E-state index in [4.69, 9.17) is 5.73 Å². The van der Waals surface area contributed by atoms with E-state index >= 15 is 0 Å². The number of hydrogen-bond acceptors (Lipinski definition) is 3. The first-order valence-electron chi connectivity index (χ1n) is 7.14. The van der Waals surface area contributed by atoms with Crippen LogP contribution in [0.25, 0.3) is 0 Å². The van der Waals surface area contributed by atoms with Gasteiger partial charge in [0.15, 0.2) is 0 Å². The number of amides is 3. The molecule has 1 aromatic heterocycles. The van der Waals surface area contributed by atoms with Crippen LogP contribution in [0.4, 0.5) is 4.79 Å². The second-order valence-electron chi connectivity index (χ2n) is 4.58. The summed E-state index contributed by atoms with van der Waals surface area (Å²) in [6.07, 6.45) is 3.20. The van der Waals surface area contributed by atoms with Crippen LogP contribution in [0.2, 0.25) is 0 Å². The number of carbonyl (C=O) groups is 2. The van der Waals surface area contributed by atoms with Crippen molar-refractivity contribution in [2.45, 2.75) is 53.4 Å². The Balaban J connectivity index is 3.51. The molecule has 0 aliphatic heterocycles. The summed E-state index contributed by atoms with van der Waals surface area (Å²) < 4.78 is 0. The summed E-state index contributed by atoms with van der Waals surface area (Å²) >= 11 is 0. The van der Waals surface area contributed by atoms with E-state index in [0.29, 0.717) is 12.1 Å². The second-order valence-corrected chi connectivity index (χ2v) is 4.58. The van der Waals surface area contributed by atoms with Gasteiger partial charge in [0.25, 0.3) is 5.91 Å². The Morgan fingerprint density at radius 3 is 1.90 bits per heavy atom. The number of rotatable bonds is 5. The molecule has 0 unspecified atom stereocenters. The molecule has 5 heteroatoms. The van der Waals surface area contributed by atoms with Crippen molar-refractivity contribution in [2.24, 2.45) is 5.73 Å². The van der Waals surface area contributed by atoms with Crippen molar-refractivity contribution in [1.29, 1.82) is 0 Å². The highest BCUT2D eigenvalue weighted by Gasteiger charge is 2.21. The third-order valence-corrected chi connectivity index (χ3v) is 3.46. The molecule has 3 amide bonds. The average Bonchev–Trinajstić information content (AvgIpc) is 2.43. The molecule has 110 valence electrons. The van der Waals surface area contributed by atoms with E-state index in [2.05, 4.69) is 24.1 Å². The summed E-state index contributed by atoms with van der Waals surface area (Å²) in [5.74, 6) is -0.513. The van der Waals surface area contributed by atoms with Crippen LogP contribution in [0, 0.1) is 0 Å². The first-order valence-corrected chi connectivity index (χ1v) is 7.14. The van der Waals surface area contributed by atoms with Crippen LogP contribution in [-0.2, 0) is 25.7 Å². The molecule has 0 aliphatic carbocycles. The van der Waals surface area contributed by atoms with E-state index in [1.54, 1.807) is 0 Å². The van der Waals surface area contributed by atoms with Crippen molar-refractivity contribution in [2.75, 3.05) is 0 Å². The number of nitrogens with two attached hydrogens (primary N) is 1. The topological polar surface area (TPSA) is 85.1 Å². The number of hydrogen-bond donors (Lipinski definition) is 2. The molecule has 0 aromatic carbocycles. The number of urea groups is 1. The van der Waals surface area contributed by atoms with Gasteiger partial charge in [0.1, 0.15) is 5.69 Å². The van der Waals surface area contributed by atoms with Gasteiger partial charge in [-0.1, -0.05) is 27.7 Å². The SMILES string of the molecule is CCc1nc(C(=O)NC(N)=O)c(CC)c(CC)c1CC. The van der Waals surface area contributed by atoms with Crippen LogP contribution in [0.1, 0.15) is 60.6 Å². The third kappa shape index (κ3) is 3.15. The van der Waals surface area contributed by atoms with E-state index in [1.807, 2.05) is 13.8 Å². The number of aryl methyl sites for hydroxylation is 1. The van der Waals surface area contributed by atoms with E-state index < -0.39 is 11.9 Å². The lowest BCUT2D eigenvalue weighted by molar-refractivity contribution is 0.0960. The van der Waals surface area contributed by atoms with Gasteiger partial charge in [-0.2, -0.15) is 0 Å². The molecule has 1 rings (SSSR count). The number of aromatic nitrogens is 1. The summed E-state index contributed by atoms with van der Waals surface area (Å²) in [5, 5.41) is 2.11. The number of nitrogens with one attached hydrogen (secondary N) is 1. The first kappa shape index (κ1) is 16.1. The van der Waals surface area contributed by atoms with Gasteiger partial charge in [-0.05, 0) is 42.4 Å². The van der Waals surface area contributed by atoms with Crippen molar-refractivity contribution in [3.63, 3.8) is 0 Å². The van der Waals surface area contributed by atoms with Gasteiger partial charge in [0.05, 0.1) is 0 Å². The third-order valence-electron chi connectivity index (χ3n) is 3.46. The van der Waals surface area contributed by atoms with Crippen molar-refractivity contribution in [3.05, 3.63) is 28.1 Å². The Bertz CT molecular complexity index is 524. The molecule has 1 heterocycles. The maximum Gasteiger partial charge on any atom is 0.319 e. The Labute approximate surface area is 120 Å². The van der Waals surface area contributed by atoms with Crippen LogP contribution >= 0.6 is 0 Å². The number of nitrogens with zero attached hydrogens (tertiary/aromatic N) is 1. The number of imide groups is 1. The molecule has 0 saturated heterocycles. The Hall–Kier alpha value is -1.91. The maximum atomic E-state index is 12.1. The maximum absolute atomic E-state index is 12.1. The quantitative estimate of drug-likeness (QED) is 0.864. The van der Waals surface area contributed by atoms with Gasteiger partial charge >= 0.3 is 6.03 Å². The lowest BCUT2D eigenvalue weighted by Gasteiger charge is -2.18. The number of pyridine rings is 1. The minimum absolute atomic E-state index is 0.331. The molecule has 0 radical (unpaired) electrons. The monoisotopic (exact) mass is 277 g/mol. The predicted molar refractivity (Wildman–Crippen MR) is 78.8 cm³/mol. The smallest absolute Gasteiger partial charge is 0.319 e. The molecule has 0 spiro atoms. The Morgan fingerprint density at radius 2 is 1.50 bits per heavy atom. The first-order chi connectivity index (χ1) is 9.49. The van der Waals surface area contributed by atoms with Crippen LogP contribution in [0.3, 0.4) is 0 Å². The molecule has 0 saturated carbocycles. The fourth-order valence-electron chi connectivity index (χ4n) is 2.65. The molecule has 20 heavy (non-hydrogen) atoms. The minimum atomic E-state index is -0.852. The van der Waals surface area contributed by atoms with Crippen molar-refractivity contribution >= 4 is 11.9 Å². The zero-order chi connectivity index (χ0) is 15.3. The molecule has 0 aliphatic rings. The second kappa shape index (κ2) is 7.03. The molecule has 0 fully saturated rings. The van der Waals surface area contributed by atoms with E-state index in [-0.39, 0.29) is 0 Å². The van der Waals surface area contributed by atoms with Crippen molar-refractivity contribution in [3.8, 4) is 0 Å². The largest absolute Gasteiger partial charge is 0.351 e. The van der Waals surface area contributed by atoms with Crippen LogP contribution in [0.5, 0.6) is 0 Å². The predicted octanol–water partition coefficient (Wildman–Crippen LogP) is 2.14. The Kier molecular flexibility index (Phi) is 5.67. The molecule has 1 aromatic rings. The van der Waals surface area contributed by atoms with E-state index in [9.17, 15) is 9.59 Å². The van der Waals surface area contributed by atoms with Crippen LogP contribution in [0.15, 0.2) is 0 Å². The van der Waals surface area contributed by atoms with Crippen molar-refractivity contribution in [1.82, 2.24) is 10.3 Å². The normalized spacial score (nSPS) is 10.4. The van der Waals surface area contributed by atoms with Gasteiger partial charge in [0, 0.05) is 5.69 Å². The van der Waals surface area contributed by atoms with Gasteiger partial charge in [-0.15, -0.1) is 0 Å². The Morgan fingerprint density at radius 1 is 0.950 bits per heavy atom. The molecular weight excluding hydrogens is 254 g/mol. The van der Waals surface area contributed by atoms with E-state index in [1.165, 1.54) is 11.1 Å². The van der Waals surface area contributed by atoms with Crippen molar-refractivity contribution < 1.29 is 9.59 Å². The van der Waals surface area contributed by atoms with Gasteiger partial charge in [-0.3, -0.25) is 10.1 Å². The van der Waals surface area contributed by atoms with Crippen LogP contribution < -0.4 is 11.1 Å². The zero-order valence-corrected chi connectivity index (χ0v) is 12.7. The summed E-state index contributed by atoms with van der Waals surface area (Å²) in [5.41, 5.74) is 9.60. The minimum Gasteiger partial charge on any atom is -0.351 e. The van der Waals surface area contributed by atoms with E-state index in [0.717, 1.165) is 30.5 Å². The molecule has 0 bridgehead atoms. The fourth-order valence-corrected chi connectivity index (χ4v) is 2.65. The number of primary amides is 1. The number of carbonyl (C=O) groups excluding carboxylic acids is 2. The van der Waals surface area contributed by atoms with Gasteiger partial charge < -0.3 is 5.73 Å². The molecule has 5 nitrogen and oxygen atoms in total. The van der Waals surface area contributed by atoms with Crippen LogP contribution in [-0.4, -0.2) is 16.9 Å². The van der Waals surface area contributed by atoms with Gasteiger partial charge in [-0.25, -0.2) is 9.78 Å². The standard InChI is InChI=1S/C15H23N3O2/c1-5-9-10(6-2)12(8-4)17-13(11(9)7-3)14(19)18-15(16)20/h5-8H2,1-4H3,(H3,16,18,19,20). The molecular formula is C15H23N3O2. The summed E-state index contributed by atoms with van der Waals surface area (Å²) in [7, 11) is 0. The lowest BCUT2D eigenvalue weighted by Crippen LogP contribution is -2.36. The molecule has 0 atom stereocenters.